The molecule has 2 amide bonds. The van der Waals surface area contributed by atoms with Gasteiger partial charge in [0.2, 0.25) is 0 Å². The Morgan fingerprint density at radius 1 is 1.17 bits per heavy atom. The number of amides is 2. The molecular weight excluding hydrogens is 314 g/mol. The summed E-state index contributed by atoms with van der Waals surface area (Å²) in [4.78, 5) is 27.6. The molecule has 1 aromatic heterocycles. The monoisotopic (exact) mass is 333 g/mol. The van der Waals surface area contributed by atoms with E-state index in [0.717, 1.165) is 31.8 Å². The lowest BCUT2D eigenvalue weighted by molar-refractivity contribution is -0.128. The highest BCUT2D eigenvalue weighted by atomic mass is 32.1. The lowest BCUT2D eigenvalue weighted by Crippen LogP contribution is -2.52. The Morgan fingerprint density at radius 2 is 1.87 bits per heavy atom. The number of nitrogens with one attached hydrogen (secondary N) is 1. The van der Waals surface area contributed by atoms with Crippen LogP contribution in [0.1, 0.15) is 31.4 Å². The molecule has 23 heavy (non-hydrogen) atoms. The number of rotatable bonds is 2. The van der Waals surface area contributed by atoms with Crippen LogP contribution >= 0.6 is 12.2 Å². The van der Waals surface area contributed by atoms with Crippen molar-refractivity contribution in [3.05, 3.63) is 23.5 Å². The number of anilines is 1. The van der Waals surface area contributed by atoms with Crippen molar-refractivity contribution < 1.29 is 14.0 Å². The van der Waals surface area contributed by atoms with Gasteiger partial charge < -0.3 is 9.32 Å². The van der Waals surface area contributed by atoms with E-state index in [4.69, 9.17) is 16.6 Å². The largest absolute Gasteiger partial charge is 0.441 e. The van der Waals surface area contributed by atoms with Crippen LogP contribution in [0.15, 0.2) is 22.1 Å². The van der Waals surface area contributed by atoms with Gasteiger partial charge in [-0.1, -0.05) is 12.8 Å². The maximum Gasteiger partial charge on any atom is 0.265 e. The van der Waals surface area contributed by atoms with E-state index in [9.17, 15) is 9.59 Å². The third kappa shape index (κ3) is 3.29. The van der Waals surface area contributed by atoms with Gasteiger partial charge in [-0.2, -0.15) is 0 Å². The first-order chi connectivity index (χ1) is 11.1. The van der Waals surface area contributed by atoms with Crippen LogP contribution in [0.25, 0.3) is 6.08 Å². The van der Waals surface area contributed by atoms with Gasteiger partial charge in [0.05, 0.1) is 0 Å². The number of thiocarbonyl (C=S) groups is 1. The van der Waals surface area contributed by atoms with Gasteiger partial charge >= 0.3 is 0 Å². The van der Waals surface area contributed by atoms with Gasteiger partial charge in [0.1, 0.15) is 11.3 Å². The molecule has 0 radical (unpaired) electrons. The van der Waals surface area contributed by atoms with Crippen molar-refractivity contribution in [3.63, 3.8) is 0 Å². The Bertz CT molecular complexity index is 672. The number of carbonyl (C=O) groups excluding carboxylic acids is 2. The number of carbonyl (C=O) groups is 2. The molecule has 0 aromatic carbocycles. The maximum absolute atomic E-state index is 12.2. The number of hydrogen-bond acceptors (Lipinski definition) is 5. The van der Waals surface area contributed by atoms with Crippen LogP contribution in [0.4, 0.5) is 5.88 Å². The highest BCUT2D eigenvalue weighted by molar-refractivity contribution is 7.80. The zero-order valence-electron chi connectivity index (χ0n) is 13.0. The molecule has 2 fully saturated rings. The second-order valence-corrected chi connectivity index (χ2v) is 6.15. The van der Waals surface area contributed by atoms with Crippen LogP contribution in [0, 0.1) is 0 Å². The van der Waals surface area contributed by atoms with Gasteiger partial charge in [0, 0.05) is 26.2 Å². The minimum atomic E-state index is -0.495. The fourth-order valence-corrected chi connectivity index (χ4v) is 2.94. The molecule has 2 aliphatic rings. The Balaban J connectivity index is 1.81. The van der Waals surface area contributed by atoms with Gasteiger partial charge in [0.15, 0.2) is 11.0 Å². The summed E-state index contributed by atoms with van der Waals surface area (Å²) in [5.41, 5.74) is 0.0258. The summed E-state index contributed by atoms with van der Waals surface area (Å²) in [6.45, 7) is 1.94. The highest BCUT2D eigenvalue weighted by Gasteiger charge is 2.31. The highest BCUT2D eigenvalue weighted by Crippen LogP contribution is 2.24. The van der Waals surface area contributed by atoms with Crippen molar-refractivity contribution >= 4 is 41.1 Å². The predicted molar refractivity (Wildman–Crippen MR) is 90.9 cm³/mol. The van der Waals surface area contributed by atoms with Crippen LogP contribution in [0.5, 0.6) is 0 Å². The van der Waals surface area contributed by atoms with E-state index in [0.29, 0.717) is 5.76 Å². The molecule has 0 aliphatic carbocycles. The van der Waals surface area contributed by atoms with Gasteiger partial charge in [-0.05, 0) is 37.2 Å². The third-order valence-electron chi connectivity index (χ3n) is 4.12. The van der Waals surface area contributed by atoms with Crippen molar-refractivity contribution in [2.45, 2.75) is 25.7 Å². The fourth-order valence-electron chi connectivity index (χ4n) is 2.77. The molecule has 6 nitrogen and oxygen atoms in total. The fraction of sp³-hybridized carbons (Fsp3) is 0.438. The molecule has 2 aliphatic heterocycles. The number of furan rings is 1. The van der Waals surface area contributed by atoms with Crippen molar-refractivity contribution in [3.8, 4) is 0 Å². The molecular formula is C16H19N3O3S. The molecule has 3 heterocycles. The first-order valence-electron chi connectivity index (χ1n) is 7.76. The standard InChI is InChI=1S/C16H19N3O3S/c1-18-15(21)12(14(20)17-16(18)23)10-11-6-7-13(22-11)19-8-4-2-3-5-9-19/h6-7,10H,2-5,8-9H2,1H3,(H,17,20,23)/b12-10+. The SMILES string of the molecule is CN1C(=O)/C(=C/c2ccc(N3CCCCCC3)o2)C(=O)NC1=S. The molecule has 0 spiro atoms. The van der Waals surface area contributed by atoms with Crippen molar-refractivity contribution in [2.24, 2.45) is 0 Å². The van der Waals surface area contributed by atoms with E-state index in [1.807, 2.05) is 6.07 Å². The number of hydrogen-bond donors (Lipinski definition) is 1. The third-order valence-corrected chi connectivity index (χ3v) is 4.50. The van der Waals surface area contributed by atoms with E-state index >= 15 is 0 Å². The Hall–Kier alpha value is -2.15. The molecule has 1 aromatic rings. The Kier molecular flexibility index (Phi) is 4.47. The lowest BCUT2D eigenvalue weighted by atomic mass is 10.1. The van der Waals surface area contributed by atoms with Crippen molar-refractivity contribution in [1.29, 1.82) is 0 Å². The van der Waals surface area contributed by atoms with E-state index < -0.39 is 11.8 Å². The second-order valence-electron chi connectivity index (χ2n) is 5.76. The Morgan fingerprint density at radius 3 is 2.57 bits per heavy atom. The predicted octanol–water partition coefficient (Wildman–Crippen LogP) is 1.92. The number of nitrogens with zero attached hydrogens (tertiary/aromatic N) is 2. The topological polar surface area (TPSA) is 65.8 Å². The van der Waals surface area contributed by atoms with Crippen molar-refractivity contribution in [2.75, 3.05) is 25.0 Å². The van der Waals surface area contributed by atoms with E-state index in [1.54, 1.807) is 6.07 Å². The molecule has 3 rings (SSSR count). The van der Waals surface area contributed by atoms with Gasteiger partial charge in [-0.25, -0.2) is 0 Å². The van der Waals surface area contributed by atoms with Gasteiger partial charge in [0.25, 0.3) is 11.8 Å². The van der Waals surface area contributed by atoms with Crippen LogP contribution in [-0.4, -0.2) is 42.0 Å². The van der Waals surface area contributed by atoms with Gasteiger partial charge in [-0.15, -0.1) is 0 Å². The van der Waals surface area contributed by atoms with Crippen molar-refractivity contribution in [1.82, 2.24) is 10.2 Å². The first kappa shape index (κ1) is 15.7. The minimum absolute atomic E-state index is 0.0258. The normalized spacial score (nSPS) is 21.6. The summed E-state index contributed by atoms with van der Waals surface area (Å²) in [6.07, 6.45) is 6.27. The average Bonchev–Trinajstić information content (AvgIpc) is 2.82. The van der Waals surface area contributed by atoms with Crippen LogP contribution in [0.3, 0.4) is 0 Å². The molecule has 2 saturated heterocycles. The van der Waals surface area contributed by atoms with Crippen LogP contribution < -0.4 is 10.2 Å². The lowest BCUT2D eigenvalue weighted by Gasteiger charge is -2.24. The second kappa shape index (κ2) is 6.54. The molecule has 0 bridgehead atoms. The summed E-state index contributed by atoms with van der Waals surface area (Å²) in [7, 11) is 1.53. The Labute approximate surface area is 140 Å². The average molecular weight is 333 g/mol. The molecule has 7 heteroatoms. The summed E-state index contributed by atoms with van der Waals surface area (Å²) < 4.78 is 5.81. The summed E-state index contributed by atoms with van der Waals surface area (Å²) in [5.74, 6) is 0.354. The molecule has 0 saturated carbocycles. The molecule has 122 valence electrons. The summed E-state index contributed by atoms with van der Waals surface area (Å²) >= 11 is 4.92. The number of likely N-dealkylation sites (N-methyl/N-ethyl adjacent to an activating group) is 1. The van der Waals surface area contributed by atoms with Crippen LogP contribution in [0.2, 0.25) is 0 Å². The molecule has 0 atom stereocenters. The van der Waals surface area contributed by atoms with Crippen LogP contribution in [-0.2, 0) is 9.59 Å². The minimum Gasteiger partial charge on any atom is -0.441 e. The zero-order chi connectivity index (χ0) is 16.4. The maximum atomic E-state index is 12.2. The summed E-state index contributed by atoms with van der Waals surface area (Å²) in [6, 6.07) is 3.66. The molecule has 1 N–H and O–H groups in total. The van der Waals surface area contributed by atoms with E-state index in [1.165, 1.54) is 30.9 Å². The smallest absolute Gasteiger partial charge is 0.265 e. The quantitative estimate of drug-likeness (QED) is 0.509. The first-order valence-corrected chi connectivity index (χ1v) is 8.17. The van der Waals surface area contributed by atoms with Gasteiger partial charge in [-0.3, -0.25) is 19.8 Å². The molecule has 0 unspecified atom stereocenters. The van der Waals surface area contributed by atoms with E-state index in [2.05, 4.69) is 10.2 Å². The zero-order valence-corrected chi connectivity index (χ0v) is 13.8. The van der Waals surface area contributed by atoms with E-state index in [-0.39, 0.29) is 10.7 Å². The summed E-state index contributed by atoms with van der Waals surface area (Å²) in [5, 5.41) is 2.60.